The molecule has 0 radical (unpaired) electrons. The van der Waals surface area contributed by atoms with Crippen LogP contribution < -0.4 is 15.4 Å². The topological polar surface area (TPSA) is 128 Å². The molecule has 9 nitrogen and oxygen atoms in total. The summed E-state index contributed by atoms with van der Waals surface area (Å²) in [6.07, 6.45) is 3.20. The summed E-state index contributed by atoms with van der Waals surface area (Å²) < 4.78 is 32.6. The number of carbonyl (C=O) groups is 3. The first-order chi connectivity index (χ1) is 13.7. The van der Waals surface area contributed by atoms with Crippen LogP contribution >= 0.6 is 0 Å². The monoisotopic (exact) mass is 424 g/mol. The Labute approximate surface area is 169 Å². The fourth-order valence-corrected chi connectivity index (χ4v) is 4.32. The molecular formula is C19H24N2O7S. The lowest BCUT2D eigenvalue weighted by Crippen LogP contribution is -2.42. The van der Waals surface area contributed by atoms with E-state index < -0.39 is 46.3 Å². The van der Waals surface area contributed by atoms with Crippen molar-refractivity contribution in [3.63, 3.8) is 0 Å². The van der Waals surface area contributed by atoms with E-state index in [0.717, 1.165) is 5.56 Å². The third-order valence-electron chi connectivity index (χ3n) is 4.20. The van der Waals surface area contributed by atoms with Gasteiger partial charge in [0.25, 0.3) is 5.91 Å². The third-order valence-corrected chi connectivity index (χ3v) is 5.97. The van der Waals surface area contributed by atoms with Gasteiger partial charge in [-0.3, -0.25) is 9.59 Å². The van der Waals surface area contributed by atoms with Gasteiger partial charge in [0, 0.05) is 12.1 Å². The number of hydrogen-bond donors (Lipinski definition) is 2. The number of benzene rings is 1. The van der Waals surface area contributed by atoms with Gasteiger partial charge in [0.2, 0.25) is 5.91 Å². The Bertz CT molecular complexity index is 878. The van der Waals surface area contributed by atoms with Gasteiger partial charge in [-0.2, -0.15) is 0 Å². The standard InChI is InChI=1S/C19H24N2O7S/c1-13(20-17(22)8-5-14-3-6-16(27-2)7-4-14)19(24)28-11-18(23)21-15-9-10-29(25,26)12-15/h3-8,13,15H,9-12H2,1-2H3,(H,20,22)(H,21,23). The average Bonchev–Trinajstić information content (AvgIpc) is 3.02. The van der Waals surface area contributed by atoms with Crippen molar-refractivity contribution in [2.24, 2.45) is 0 Å². The second-order valence-corrected chi connectivity index (χ2v) is 8.84. The molecule has 2 amide bonds. The number of carbonyl (C=O) groups excluding carboxylic acids is 3. The molecular weight excluding hydrogens is 400 g/mol. The molecule has 1 heterocycles. The Morgan fingerprint density at radius 2 is 1.93 bits per heavy atom. The molecule has 2 unspecified atom stereocenters. The Morgan fingerprint density at radius 1 is 1.24 bits per heavy atom. The van der Waals surface area contributed by atoms with Crippen molar-refractivity contribution in [1.82, 2.24) is 10.6 Å². The maximum absolute atomic E-state index is 11.9. The Hall–Kier alpha value is -2.88. The molecule has 1 saturated heterocycles. The molecule has 1 aromatic rings. The van der Waals surface area contributed by atoms with Crippen molar-refractivity contribution in [1.29, 1.82) is 0 Å². The Balaban J connectivity index is 1.72. The van der Waals surface area contributed by atoms with Crippen molar-refractivity contribution in [3.05, 3.63) is 35.9 Å². The summed E-state index contributed by atoms with van der Waals surface area (Å²) in [5.41, 5.74) is 0.779. The molecule has 0 bridgehead atoms. The highest BCUT2D eigenvalue weighted by Gasteiger charge is 2.29. The number of ether oxygens (including phenoxy) is 2. The second kappa shape index (κ2) is 10.1. The van der Waals surface area contributed by atoms with E-state index in [1.165, 1.54) is 13.0 Å². The van der Waals surface area contributed by atoms with E-state index in [9.17, 15) is 22.8 Å². The lowest BCUT2D eigenvalue weighted by atomic mass is 10.2. The van der Waals surface area contributed by atoms with E-state index in [-0.39, 0.29) is 11.5 Å². The molecule has 1 fully saturated rings. The molecule has 1 aromatic carbocycles. The Kier molecular flexibility index (Phi) is 7.77. The van der Waals surface area contributed by atoms with E-state index >= 15 is 0 Å². The SMILES string of the molecule is COc1ccc(C=CC(=O)NC(C)C(=O)OCC(=O)NC2CCS(=O)(=O)C2)cc1. The number of hydrogen-bond acceptors (Lipinski definition) is 7. The van der Waals surface area contributed by atoms with Crippen molar-refractivity contribution >= 4 is 33.7 Å². The van der Waals surface area contributed by atoms with Gasteiger partial charge in [-0.15, -0.1) is 0 Å². The minimum Gasteiger partial charge on any atom is -0.497 e. The van der Waals surface area contributed by atoms with Crippen LogP contribution in [0.5, 0.6) is 5.75 Å². The zero-order valence-corrected chi connectivity index (χ0v) is 17.0. The summed E-state index contributed by atoms with van der Waals surface area (Å²) in [6.45, 7) is 0.889. The smallest absolute Gasteiger partial charge is 0.328 e. The van der Waals surface area contributed by atoms with Gasteiger partial charge in [0.05, 0.1) is 18.6 Å². The number of sulfone groups is 1. The lowest BCUT2D eigenvalue weighted by Gasteiger charge is -2.14. The minimum atomic E-state index is -3.11. The molecule has 29 heavy (non-hydrogen) atoms. The summed E-state index contributed by atoms with van der Waals surface area (Å²) in [4.78, 5) is 35.6. The van der Waals surface area contributed by atoms with Crippen LogP contribution in [-0.2, 0) is 29.0 Å². The number of methoxy groups -OCH3 is 1. The summed E-state index contributed by atoms with van der Waals surface area (Å²) in [7, 11) is -1.55. The van der Waals surface area contributed by atoms with Crippen molar-refractivity contribution in [2.45, 2.75) is 25.4 Å². The summed E-state index contributed by atoms with van der Waals surface area (Å²) in [6, 6.07) is 5.63. The number of rotatable bonds is 8. The van der Waals surface area contributed by atoms with Crippen LogP contribution in [0.2, 0.25) is 0 Å². The van der Waals surface area contributed by atoms with Crippen LogP contribution in [-0.4, -0.2) is 63.5 Å². The number of esters is 1. The van der Waals surface area contributed by atoms with Gasteiger partial charge in [0.1, 0.15) is 11.8 Å². The third kappa shape index (κ3) is 7.57. The predicted octanol–water partition coefficient (Wildman–Crippen LogP) is 0.0596. The van der Waals surface area contributed by atoms with Crippen molar-refractivity contribution in [3.8, 4) is 5.75 Å². The highest BCUT2D eigenvalue weighted by molar-refractivity contribution is 7.91. The van der Waals surface area contributed by atoms with Gasteiger partial charge in [-0.1, -0.05) is 12.1 Å². The summed E-state index contributed by atoms with van der Waals surface area (Å²) in [5.74, 6) is -1.24. The first-order valence-electron chi connectivity index (χ1n) is 8.97. The van der Waals surface area contributed by atoms with E-state index in [1.54, 1.807) is 37.5 Å². The van der Waals surface area contributed by atoms with Gasteiger partial charge >= 0.3 is 5.97 Å². The first-order valence-corrected chi connectivity index (χ1v) is 10.8. The average molecular weight is 424 g/mol. The fraction of sp³-hybridized carbons (Fsp3) is 0.421. The number of nitrogens with one attached hydrogen (secondary N) is 2. The van der Waals surface area contributed by atoms with E-state index in [4.69, 9.17) is 9.47 Å². The van der Waals surface area contributed by atoms with Gasteiger partial charge in [0.15, 0.2) is 16.4 Å². The quantitative estimate of drug-likeness (QED) is 0.446. The van der Waals surface area contributed by atoms with E-state index in [1.807, 2.05) is 0 Å². The van der Waals surface area contributed by atoms with Crippen LogP contribution in [0.4, 0.5) is 0 Å². The lowest BCUT2D eigenvalue weighted by molar-refractivity contribution is -0.151. The first kappa shape index (κ1) is 22.4. The molecule has 2 N–H and O–H groups in total. The van der Waals surface area contributed by atoms with Crippen LogP contribution in [0, 0.1) is 0 Å². The predicted molar refractivity (Wildman–Crippen MR) is 106 cm³/mol. The second-order valence-electron chi connectivity index (χ2n) is 6.61. The highest BCUT2D eigenvalue weighted by atomic mass is 32.2. The van der Waals surface area contributed by atoms with Crippen molar-refractivity contribution in [2.75, 3.05) is 25.2 Å². The maximum atomic E-state index is 11.9. The van der Waals surface area contributed by atoms with E-state index in [0.29, 0.717) is 12.2 Å². The molecule has 0 aliphatic carbocycles. The zero-order chi connectivity index (χ0) is 21.4. The largest absolute Gasteiger partial charge is 0.497 e. The summed E-state index contributed by atoms with van der Waals surface area (Å²) in [5, 5.41) is 4.96. The fourth-order valence-electron chi connectivity index (χ4n) is 2.65. The van der Waals surface area contributed by atoms with Crippen LogP contribution in [0.15, 0.2) is 30.3 Å². The molecule has 0 saturated carbocycles. The molecule has 0 aromatic heterocycles. The molecule has 1 aliphatic rings. The van der Waals surface area contributed by atoms with Gasteiger partial charge in [-0.05, 0) is 37.1 Å². The highest BCUT2D eigenvalue weighted by Crippen LogP contribution is 2.12. The molecule has 0 spiro atoms. The van der Waals surface area contributed by atoms with Crippen LogP contribution in [0.25, 0.3) is 6.08 Å². The van der Waals surface area contributed by atoms with E-state index in [2.05, 4.69) is 10.6 Å². The Morgan fingerprint density at radius 3 is 2.52 bits per heavy atom. The van der Waals surface area contributed by atoms with Gasteiger partial charge in [-0.25, -0.2) is 13.2 Å². The normalized spacial score (nSPS) is 18.8. The zero-order valence-electron chi connectivity index (χ0n) is 16.2. The maximum Gasteiger partial charge on any atom is 0.328 e. The minimum absolute atomic E-state index is 0.0326. The molecule has 10 heteroatoms. The molecule has 2 rings (SSSR count). The number of amides is 2. The van der Waals surface area contributed by atoms with Gasteiger partial charge < -0.3 is 20.1 Å². The van der Waals surface area contributed by atoms with Crippen LogP contribution in [0.3, 0.4) is 0 Å². The summed E-state index contributed by atoms with van der Waals surface area (Å²) >= 11 is 0. The molecule has 1 aliphatic heterocycles. The van der Waals surface area contributed by atoms with Crippen molar-refractivity contribution < 1.29 is 32.3 Å². The molecule has 158 valence electrons. The molecule has 2 atom stereocenters. The van der Waals surface area contributed by atoms with Crippen LogP contribution in [0.1, 0.15) is 18.9 Å².